The fourth-order valence-electron chi connectivity index (χ4n) is 2.93. The number of carbonyl (C=O) groups is 1. The van der Waals surface area contributed by atoms with Gasteiger partial charge in [-0.25, -0.2) is 8.42 Å². The lowest BCUT2D eigenvalue weighted by Gasteiger charge is -2.29. The molecule has 140 valence electrons. The molecule has 1 saturated heterocycles. The quantitative estimate of drug-likeness (QED) is 0.836. The molecule has 0 saturated carbocycles. The summed E-state index contributed by atoms with van der Waals surface area (Å²) in [7, 11) is -3.77. The highest BCUT2D eigenvalue weighted by atomic mass is 32.2. The van der Waals surface area contributed by atoms with Gasteiger partial charge in [-0.2, -0.15) is 4.31 Å². The predicted octanol–water partition coefficient (Wildman–Crippen LogP) is 1.69. The Labute approximate surface area is 151 Å². The average molecular weight is 379 g/mol. The lowest BCUT2D eigenvalue weighted by molar-refractivity contribution is 0.102. The topological polar surface area (TPSA) is 113 Å². The van der Waals surface area contributed by atoms with Crippen molar-refractivity contribution in [3.63, 3.8) is 0 Å². The third-order valence-corrected chi connectivity index (χ3v) is 6.23. The summed E-state index contributed by atoms with van der Waals surface area (Å²) in [6.45, 7) is 3.81. The van der Waals surface area contributed by atoms with Gasteiger partial charge in [-0.15, -0.1) is 0 Å². The molecule has 0 unspecified atom stereocenters. The molecule has 9 heteroatoms. The number of aliphatic hydroxyl groups excluding tert-OH is 1. The number of aryl methyl sites for hydroxylation is 2. The zero-order valence-corrected chi connectivity index (χ0v) is 15.4. The minimum atomic E-state index is -3.77. The number of aromatic nitrogens is 1. The minimum absolute atomic E-state index is 0.0259. The van der Waals surface area contributed by atoms with Crippen LogP contribution in [0.4, 0.5) is 5.69 Å². The maximum Gasteiger partial charge on any atom is 0.255 e. The van der Waals surface area contributed by atoms with Crippen LogP contribution >= 0.6 is 0 Å². The van der Waals surface area contributed by atoms with E-state index in [1.54, 1.807) is 13.8 Å². The summed E-state index contributed by atoms with van der Waals surface area (Å²) < 4.78 is 31.8. The van der Waals surface area contributed by atoms with Gasteiger partial charge in [0.2, 0.25) is 10.0 Å². The van der Waals surface area contributed by atoms with Crippen LogP contribution in [0.15, 0.2) is 33.7 Å². The highest BCUT2D eigenvalue weighted by Crippen LogP contribution is 2.23. The Morgan fingerprint density at radius 3 is 2.81 bits per heavy atom. The molecule has 0 aliphatic carbocycles. The molecule has 26 heavy (non-hydrogen) atoms. The van der Waals surface area contributed by atoms with Crippen molar-refractivity contribution in [2.24, 2.45) is 0 Å². The molecular weight excluding hydrogens is 358 g/mol. The fraction of sp³-hybridized carbons (Fsp3) is 0.412. The predicted molar refractivity (Wildman–Crippen MR) is 94.4 cm³/mol. The molecule has 1 amide bonds. The summed E-state index contributed by atoms with van der Waals surface area (Å²) in [6.07, 6.45) is 0.531. The smallest absolute Gasteiger partial charge is 0.255 e. The van der Waals surface area contributed by atoms with Gasteiger partial charge < -0.3 is 14.9 Å². The zero-order chi connectivity index (χ0) is 18.9. The van der Waals surface area contributed by atoms with Crippen LogP contribution in [0.5, 0.6) is 0 Å². The Kier molecular flexibility index (Phi) is 5.12. The Hall–Kier alpha value is -2.23. The van der Waals surface area contributed by atoms with Gasteiger partial charge in [0.15, 0.2) is 5.76 Å². The van der Waals surface area contributed by atoms with Gasteiger partial charge in [0.05, 0.1) is 11.0 Å². The number of anilines is 1. The third-order valence-electron chi connectivity index (χ3n) is 4.37. The maximum atomic E-state index is 12.8. The molecule has 1 aromatic carbocycles. The largest absolute Gasteiger partial charge is 0.392 e. The van der Waals surface area contributed by atoms with E-state index in [1.165, 1.54) is 28.6 Å². The Morgan fingerprint density at radius 2 is 2.15 bits per heavy atom. The first-order chi connectivity index (χ1) is 12.3. The van der Waals surface area contributed by atoms with Gasteiger partial charge in [-0.05, 0) is 44.9 Å². The molecular formula is C17H21N3O5S. The van der Waals surface area contributed by atoms with Crippen molar-refractivity contribution in [3.8, 4) is 0 Å². The maximum absolute atomic E-state index is 12.8. The van der Waals surface area contributed by atoms with Crippen molar-refractivity contribution in [2.75, 3.05) is 18.4 Å². The Bertz CT molecular complexity index is 903. The number of carbonyl (C=O) groups excluding carboxylic acids is 1. The molecule has 2 heterocycles. The van der Waals surface area contributed by atoms with Crippen molar-refractivity contribution in [1.82, 2.24) is 9.46 Å². The van der Waals surface area contributed by atoms with Crippen LogP contribution in [0, 0.1) is 13.8 Å². The molecule has 8 nitrogen and oxygen atoms in total. The zero-order valence-electron chi connectivity index (χ0n) is 14.6. The molecule has 1 atom stereocenters. The van der Waals surface area contributed by atoms with Crippen LogP contribution < -0.4 is 5.32 Å². The first kappa shape index (κ1) is 18.6. The van der Waals surface area contributed by atoms with Crippen molar-refractivity contribution >= 4 is 21.6 Å². The summed E-state index contributed by atoms with van der Waals surface area (Å²) in [4.78, 5) is 12.5. The lowest BCUT2D eigenvalue weighted by Crippen LogP contribution is -2.42. The lowest BCUT2D eigenvalue weighted by atomic mass is 10.1. The summed E-state index contributed by atoms with van der Waals surface area (Å²) in [5, 5.41) is 16.2. The molecule has 2 aromatic rings. The second-order valence-electron chi connectivity index (χ2n) is 6.34. The van der Waals surface area contributed by atoms with E-state index < -0.39 is 22.0 Å². The van der Waals surface area contributed by atoms with E-state index in [0.29, 0.717) is 36.5 Å². The normalized spacial score (nSPS) is 18.7. The van der Waals surface area contributed by atoms with Gasteiger partial charge in [0.25, 0.3) is 5.91 Å². The first-order valence-corrected chi connectivity index (χ1v) is 9.75. The van der Waals surface area contributed by atoms with Crippen LogP contribution in [0.3, 0.4) is 0 Å². The van der Waals surface area contributed by atoms with Crippen LogP contribution in [-0.2, 0) is 10.0 Å². The van der Waals surface area contributed by atoms with Crippen LogP contribution in [0.2, 0.25) is 0 Å². The van der Waals surface area contributed by atoms with Crippen LogP contribution in [0.25, 0.3) is 0 Å². The molecule has 1 aliphatic rings. The summed E-state index contributed by atoms with van der Waals surface area (Å²) in [5.41, 5.74) is 1.23. The van der Waals surface area contributed by atoms with Gasteiger partial charge in [0, 0.05) is 18.7 Å². The standard InChI is InChI=1S/C17H21N3O5S/c1-11-16(12(2)25-19-11)18-17(22)13-5-3-7-15(9-13)26(23,24)20-8-4-6-14(21)10-20/h3,5,7,9,14,21H,4,6,8,10H2,1-2H3,(H,18,22)/t14-/m0/s1. The van der Waals surface area contributed by atoms with E-state index in [4.69, 9.17) is 4.52 Å². The van der Waals surface area contributed by atoms with E-state index in [2.05, 4.69) is 10.5 Å². The van der Waals surface area contributed by atoms with E-state index in [-0.39, 0.29) is 17.0 Å². The molecule has 0 radical (unpaired) electrons. The van der Waals surface area contributed by atoms with Crippen LogP contribution in [-0.4, -0.2) is 48.1 Å². The summed E-state index contributed by atoms with van der Waals surface area (Å²) in [6, 6.07) is 5.85. The number of hydrogen-bond acceptors (Lipinski definition) is 6. The third kappa shape index (κ3) is 3.64. The van der Waals surface area contributed by atoms with Crippen molar-refractivity contribution in [3.05, 3.63) is 41.3 Å². The first-order valence-electron chi connectivity index (χ1n) is 8.31. The van der Waals surface area contributed by atoms with E-state index in [1.807, 2.05) is 0 Å². The van der Waals surface area contributed by atoms with Gasteiger partial charge >= 0.3 is 0 Å². The number of nitrogens with one attached hydrogen (secondary N) is 1. The van der Waals surface area contributed by atoms with Gasteiger partial charge in [0.1, 0.15) is 11.4 Å². The molecule has 1 aliphatic heterocycles. The Balaban J connectivity index is 1.84. The molecule has 1 aromatic heterocycles. The number of sulfonamides is 1. The number of benzene rings is 1. The molecule has 3 rings (SSSR count). The number of rotatable bonds is 4. The average Bonchev–Trinajstić information content (AvgIpc) is 2.94. The summed E-state index contributed by atoms with van der Waals surface area (Å²) in [5.74, 6) is 0.0251. The minimum Gasteiger partial charge on any atom is -0.392 e. The highest BCUT2D eigenvalue weighted by Gasteiger charge is 2.30. The SMILES string of the molecule is Cc1noc(C)c1NC(=O)c1cccc(S(=O)(=O)N2CCC[C@H](O)C2)c1. The molecule has 0 spiro atoms. The van der Waals surface area contributed by atoms with Crippen molar-refractivity contribution < 1.29 is 22.8 Å². The van der Waals surface area contributed by atoms with Crippen LogP contribution in [0.1, 0.15) is 34.7 Å². The highest BCUT2D eigenvalue weighted by molar-refractivity contribution is 7.89. The molecule has 1 fully saturated rings. The number of β-amino-alcohol motifs (C(OH)–C–C–N with tert-alkyl or cyclic N) is 1. The van der Waals surface area contributed by atoms with E-state index in [0.717, 1.165) is 0 Å². The molecule has 0 bridgehead atoms. The van der Waals surface area contributed by atoms with E-state index >= 15 is 0 Å². The summed E-state index contributed by atoms with van der Waals surface area (Å²) >= 11 is 0. The van der Waals surface area contributed by atoms with Crippen molar-refractivity contribution in [1.29, 1.82) is 0 Å². The number of hydrogen-bond donors (Lipinski definition) is 2. The van der Waals surface area contributed by atoms with Crippen molar-refractivity contribution in [2.45, 2.75) is 37.7 Å². The second-order valence-corrected chi connectivity index (χ2v) is 8.28. The van der Waals surface area contributed by atoms with Gasteiger partial charge in [-0.1, -0.05) is 11.2 Å². The van der Waals surface area contributed by atoms with E-state index in [9.17, 15) is 18.3 Å². The number of amides is 1. The Morgan fingerprint density at radius 1 is 1.38 bits per heavy atom. The second kappa shape index (κ2) is 7.18. The molecule has 2 N–H and O–H groups in total. The van der Waals surface area contributed by atoms with Gasteiger partial charge in [-0.3, -0.25) is 4.79 Å². The monoisotopic (exact) mass is 379 g/mol. The fourth-order valence-corrected chi connectivity index (χ4v) is 4.50. The number of nitrogens with zero attached hydrogens (tertiary/aromatic N) is 2. The number of piperidine rings is 1. The number of aliphatic hydroxyl groups is 1.